The molecule has 2 rings (SSSR count). The van der Waals surface area contributed by atoms with Crippen molar-refractivity contribution in [3.63, 3.8) is 0 Å². The smallest absolute Gasteiger partial charge is 0.0369 e. The highest BCUT2D eigenvalue weighted by Gasteiger charge is 2.11. The molecule has 0 aliphatic carbocycles. The minimum absolute atomic E-state index is 0.953. The lowest BCUT2D eigenvalue weighted by molar-refractivity contribution is 0.949. The lowest BCUT2D eigenvalue weighted by Gasteiger charge is -2.17. The van der Waals surface area contributed by atoms with E-state index >= 15 is 0 Å². The predicted octanol–water partition coefficient (Wildman–Crippen LogP) is 3.18. The van der Waals surface area contributed by atoms with Crippen molar-refractivity contribution < 1.29 is 0 Å². The standard InChI is InChI=1S/C11H14BrN/c12-9-10-4-3-5-11(8-10)13-6-1-2-7-13/h3-5,8H,1-2,6-7,9H2. The fraction of sp³-hybridized carbons (Fsp3) is 0.455. The first kappa shape index (κ1) is 9.07. The Morgan fingerprint density at radius 3 is 2.69 bits per heavy atom. The van der Waals surface area contributed by atoms with Crippen molar-refractivity contribution in [2.45, 2.75) is 18.2 Å². The van der Waals surface area contributed by atoms with Crippen LogP contribution in [0, 0.1) is 0 Å². The zero-order chi connectivity index (χ0) is 9.10. The van der Waals surface area contributed by atoms with Gasteiger partial charge in [0.05, 0.1) is 0 Å². The molecule has 2 heteroatoms. The largest absolute Gasteiger partial charge is 0.372 e. The van der Waals surface area contributed by atoms with Crippen LogP contribution in [-0.4, -0.2) is 13.1 Å². The summed E-state index contributed by atoms with van der Waals surface area (Å²) in [6.45, 7) is 2.46. The van der Waals surface area contributed by atoms with Gasteiger partial charge >= 0.3 is 0 Å². The van der Waals surface area contributed by atoms with E-state index in [1.807, 2.05) is 0 Å². The number of anilines is 1. The Morgan fingerprint density at radius 1 is 1.23 bits per heavy atom. The van der Waals surface area contributed by atoms with Gasteiger partial charge in [-0.1, -0.05) is 28.1 Å². The van der Waals surface area contributed by atoms with E-state index < -0.39 is 0 Å². The molecule has 1 fully saturated rings. The van der Waals surface area contributed by atoms with Gasteiger partial charge in [0.15, 0.2) is 0 Å². The molecule has 0 aromatic heterocycles. The Morgan fingerprint density at radius 2 is 2.00 bits per heavy atom. The van der Waals surface area contributed by atoms with Gasteiger partial charge in [-0.25, -0.2) is 0 Å². The van der Waals surface area contributed by atoms with Crippen LogP contribution >= 0.6 is 15.9 Å². The van der Waals surface area contributed by atoms with Crippen molar-refractivity contribution in [3.05, 3.63) is 29.8 Å². The molecule has 1 aliphatic rings. The highest BCUT2D eigenvalue weighted by atomic mass is 79.9. The summed E-state index contributed by atoms with van der Waals surface area (Å²) < 4.78 is 0. The van der Waals surface area contributed by atoms with Crippen LogP contribution in [0.2, 0.25) is 0 Å². The third kappa shape index (κ3) is 2.05. The number of nitrogens with zero attached hydrogens (tertiary/aromatic N) is 1. The third-order valence-corrected chi connectivity index (χ3v) is 3.18. The van der Waals surface area contributed by atoms with E-state index in [0.717, 1.165) is 5.33 Å². The van der Waals surface area contributed by atoms with Crippen LogP contribution in [0.1, 0.15) is 18.4 Å². The summed E-state index contributed by atoms with van der Waals surface area (Å²) in [6, 6.07) is 8.79. The summed E-state index contributed by atoms with van der Waals surface area (Å²) >= 11 is 3.48. The summed E-state index contributed by atoms with van der Waals surface area (Å²) in [6.07, 6.45) is 2.69. The molecule has 0 atom stereocenters. The molecule has 13 heavy (non-hydrogen) atoms. The number of hydrogen-bond donors (Lipinski definition) is 0. The molecular weight excluding hydrogens is 226 g/mol. The summed E-state index contributed by atoms with van der Waals surface area (Å²) in [5.41, 5.74) is 2.75. The van der Waals surface area contributed by atoms with Crippen molar-refractivity contribution in [3.8, 4) is 0 Å². The Labute approximate surface area is 87.9 Å². The van der Waals surface area contributed by atoms with E-state index in [9.17, 15) is 0 Å². The quantitative estimate of drug-likeness (QED) is 0.717. The van der Waals surface area contributed by atoms with Crippen LogP contribution in [0.3, 0.4) is 0 Å². The molecule has 0 saturated carbocycles. The molecule has 0 spiro atoms. The number of halogens is 1. The molecular formula is C11H14BrN. The highest BCUT2D eigenvalue weighted by molar-refractivity contribution is 9.08. The zero-order valence-electron chi connectivity index (χ0n) is 7.67. The summed E-state index contributed by atoms with van der Waals surface area (Å²) in [5.74, 6) is 0. The number of benzene rings is 1. The van der Waals surface area contributed by atoms with Crippen LogP contribution in [0.4, 0.5) is 5.69 Å². The summed E-state index contributed by atoms with van der Waals surface area (Å²) in [4.78, 5) is 2.46. The second kappa shape index (κ2) is 4.14. The van der Waals surface area contributed by atoms with Gasteiger partial charge in [-0.2, -0.15) is 0 Å². The summed E-state index contributed by atoms with van der Waals surface area (Å²) in [7, 11) is 0. The molecule has 1 aromatic carbocycles. The summed E-state index contributed by atoms with van der Waals surface area (Å²) in [5, 5.41) is 0.953. The van der Waals surface area contributed by atoms with Gasteiger partial charge in [0.2, 0.25) is 0 Å². The van der Waals surface area contributed by atoms with E-state index in [2.05, 4.69) is 45.1 Å². The molecule has 1 aromatic rings. The number of hydrogen-bond acceptors (Lipinski definition) is 1. The van der Waals surface area contributed by atoms with Gasteiger partial charge in [-0.3, -0.25) is 0 Å². The number of rotatable bonds is 2. The normalized spacial score (nSPS) is 16.5. The molecule has 1 saturated heterocycles. The molecule has 1 heterocycles. The first-order valence-corrected chi connectivity index (χ1v) is 5.92. The maximum atomic E-state index is 3.48. The average molecular weight is 240 g/mol. The minimum atomic E-state index is 0.953. The highest BCUT2D eigenvalue weighted by Crippen LogP contribution is 2.21. The van der Waals surface area contributed by atoms with E-state index in [-0.39, 0.29) is 0 Å². The lowest BCUT2D eigenvalue weighted by atomic mass is 10.2. The van der Waals surface area contributed by atoms with E-state index in [0.29, 0.717) is 0 Å². The number of alkyl halides is 1. The molecule has 0 radical (unpaired) electrons. The molecule has 0 amide bonds. The SMILES string of the molecule is BrCc1cccc(N2CCCC2)c1. The van der Waals surface area contributed by atoms with Gasteiger partial charge in [-0.15, -0.1) is 0 Å². The first-order valence-electron chi connectivity index (χ1n) is 4.80. The second-order valence-electron chi connectivity index (χ2n) is 3.50. The van der Waals surface area contributed by atoms with Crippen molar-refractivity contribution in [1.82, 2.24) is 0 Å². The average Bonchev–Trinajstić information content (AvgIpc) is 2.71. The third-order valence-electron chi connectivity index (χ3n) is 2.54. The maximum Gasteiger partial charge on any atom is 0.0369 e. The zero-order valence-corrected chi connectivity index (χ0v) is 9.26. The first-order chi connectivity index (χ1) is 6.40. The molecule has 1 nitrogen and oxygen atoms in total. The monoisotopic (exact) mass is 239 g/mol. The fourth-order valence-electron chi connectivity index (χ4n) is 1.81. The van der Waals surface area contributed by atoms with Gasteiger partial charge in [-0.05, 0) is 30.5 Å². The van der Waals surface area contributed by atoms with Gasteiger partial charge < -0.3 is 4.90 Å². The van der Waals surface area contributed by atoms with Gasteiger partial charge in [0.1, 0.15) is 0 Å². The Kier molecular flexibility index (Phi) is 2.89. The van der Waals surface area contributed by atoms with Crippen LogP contribution in [0.25, 0.3) is 0 Å². The predicted molar refractivity (Wildman–Crippen MR) is 60.5 cm³/mol. The van der Waals surface area contributed by atoms with Crippen molar-refractivity contribution >= 4 is 21.6 Å². The lowest BCUT2D eigenvalue weighted by Crippen LogP contribution is -2.17. The minimum Gasteiger partial charge on any atom is -0.372 e. The fourth-order valence-corrected chi connectivity index (χ4v) is 2.16. The maximum absolute atomic E-state index is 3.48. The molecule has 0 N–H and O–H groups in total. The second-order valence-corrected chi connectivity index (χ2v) is 4.06. The topological polar surface area (TPSA) is 3.24 Å². The Balaban J connectivity index is 2.18. The molecule has 0 unspecified atom stereocenters. The van der Waals surface area contributed by atoms with Crippen LogP contribution in [0.5, 0.6) is 0 Å². The Bertz CT molecular complexity index is 279. The molecule has 1 aliphatic heterocycles. The van der Waals surface area contributed by atoms with Gasteiger partial charge in [0, 0.05) is 24.1 Å². The van der Waals surface area contributed by atoms with E-state index in [4.69, 9.17) is 0 Å². The van der Waals surface area contributed by atoms with Crippen molar-refractivity contribution in [2.75, 3.05) is 18.0 Å². The van der Waals surface area contributed by atoms with Crippen molar-refractivity contribution in [2.24, 2.45) is 0 Å². The van der Waals surface area contributed by atoms with Crippen LogP contribution < -0.4 is 4.90 Å². The van der Waals surface area contributed by atoms with Crippen molar-refractivity contribution in [1.29, 1.82) is 0 Å². The van der Waals surface area contributed by atoms with Crippen LogP contribution in [-0.2, 0) is 5.33 Å². The van der Waals surface area contributed by atoms with Crippen LogP contribution in [0.15, 0.2) is 24.3 Å². The van der Waals surface area contributed by atoms with E-state index in [1.54, 1.807) is 0 Å². The molecule has 70 valence electrons. The van der Waals surface area contributed by atoms with E-state index in [1.165, 1.54) is 37.2 Å². The molecule has 0 bridgehead atoms. The van der Waals surface area contributed by atoms with Gasteiger partial charge in [0.25, 0.3) is 0 Å². The Hall–Kier alpha value is -0.500.